The maximum absolute atomic E-state index is 11.9. The number of carbonyl (C=O) groups excluding carboxylic acids is 2. The third-order valence-corrected chi connectivity index (χ3v) is 4.47. The Kier molecular flexibility index (Phi) is 3.03. The normalized spacial score (nSPS) is 28.6. The molecule has 5 nitrogen and oxygen atoms in total. The van der Waals surface area contributed by atoms with Gasteiger partial charge in [0.25, 0.3) is 0 Å². The van der Waals surface area contributed by atoms with E-state index in [1.807, 2.05) is 0 Å². The first kappa shape index (κ1) is 11.6. The van der Waals surface area contributed by atoms with Crippen LogP contribution in [0.3, 0.4) is 0 Å². The van der Waals surface area contributed by atoms with Crippen LogP contribution in [0, 0.1) is 17.8 Å². The van der Waals surface area contributed by atoms with E-state index in [2.05, 4.69) is 15.6 Å². The largest absolute Gasteiger partial charge is 0.347 e. The molecule has 0 radical (unpaired) electrons. The summed E-state index contributed by atoms with van der Waals surface area (Å²) in [7, 11) is 0. The molecule has 18 heavy (non-hydrogen) atoms. The zero-order chi connectivity index (χ0) is 12.5. The number of rotatable bonds is 4. The van der Waals surface area contributed by atoms with Gasteiger partial charge in [0.2, 0.25) is 11.8 Å². The Morgan fingerprint density at radius 2 is 2.33 bits per heavy atom. The van der Waals surface area contributed by atoms with Gasteiger partial charge in [0.1, 0.15) is 0 Å². The summed E-state index contributed by atoms with van der Waals surface area (Å²) in [5.74, 6) is 1.33. The van der Waals surface area contributed by atoms with E-state index in [9.17, 15) is 9.59 Å². The Bertz CT molecular complexity index is 460. The molecule has 0 bridgehead atoms. The first-order valence-corrected chi connectivity index (χ1v) is 7.09. The van der Waals surface area contributed by atoms with Crippen LogP contribution in [-0.2, 0) is 9.59 Å². The van der Waals surface area contributed by atoms with Crippen LogP contribution < -0.4 is 10.6 Å². The number of hydrogen-bond donors (Lipinski definition) is 2. The van der Waals surface area contributed by atoms with Crippen molar-refractivity contribution >= 4 is 28.3 Å². The van der Waals surface area contributed by atoms with Crippen molar-refractivity contribution < 1.29 is 9.59 Å². The van der Waals surface area contributed by atoms with Gasteiger partial charge in [-0.2, -0.15) is 0 Å². The Labute approximate surface area is 109 Å². The van der Waals surface area contributed by atoms with Gasteiger partial charge < -0.3 is 10.6 Å². The van der Waals surface area contributed by atoms with E-state index in [0.29, 0.717) is 11.0 Å². The number of nitrogens with zero attached hydrogens (tertiary/aromatic N) is 1. The van der Waals surface area contributed by atoms with Crippen LogP contribution in [0.4, 0.5) is 5.13 Å². The lowest BCUT2D eigenvalue weighted by Crippen LogP contribution is -2.37. The molecular weight excluding hydrogens is 250 g/mol. The molecule has 0 aliphatic heterocycles. The van der Waals surface area contributed by atoms with E-state index >= 15 is 0 Å². The molecule has 3 rings (SSSR count). The third kappa shape index (κ3) is 2.38. The van der Waals surface area contributed by atoms with E-state index in [4.69, 9.17) is 0 Å². The summed E-state index contributed by atoms with van der Waals surface area (Å²) in [5, 5.41) is 7.72. The summed E-state index contributed by atoms with van der Waals surface area (Å²) in [5.41, 5.74) is 0. The van der Waals surface area contributed by atoms with Gasteiger partial charge in [-0.15, -0.1) is 11.3 Å². The average Bonchev–Trinajstić information content (AvgIpc) is 2.79. The molecule has 2 fully saturated rings. The second-order valence-electron chi connectivity index (χ2n) is 4.95. The molecule has 1 aromatic rings. The molecule has 2 amide bonds. The van der Waals surface area contributed by atoms with E-state index in [1.165, 1.54) is 24.2 Å². The van der Waals surface area contributed by atoms with Crippen LogP contribution in [0.2, 0.25) is 0 Å². The molecule has 0 saturated heterocycles. The monoisotopic (exact) mass is 265 g/mol. The van der Waals surface area contributed by atoms with Crippen LogP contribution >= 0.6 is 11.3 Å². The van der Waals surface area contributed by atoms with E-state index in [-0.39, 0.29) is 24.3 Å². The minimum atomic E-state index is -0.219. The molecule has 2 N–H and O–H groups in total. The standard InChI is InChI=1S/C12H15N3O2S/c16-10(15-12-13-3-4-18-12)6-14-11(17)8-2-1-7-5-9(7)8/h3-4,7-9H,1-2,5-6H2,(H,14,17)(H,13,15,16)/t7-,8-,9+/m1/s1. The lowest BCUT2D eigenvalue weighted by atomic mass is 10.0. The second-order valence-corrected chi connectivity index (χ2v) is 5.84. The number of carbonyl (C=O) groups is 2. The van der Waals surface area contributed by atoms with Gasteiger partial charge >= 0.3 is 0 Å². The summed E-state index contributed by atoms with van der Waals surface area (Å²) < 4.78 is 0. The Morgan fingerprint density at radius 1 is 1.44 bits per heavy atom. The van der Waals surface area contributed by atoms with Gasteiger partial charge in [-0.1, -0.05) is 0 Å². The summed E-state index contributed by atoms with van der Waals surface area (Å²) in [4.78, 5) is 27.4. The number of anilines is 1. The zero-order valence-electron chi connectivity index (χ0n) is 9.89. The highest BCUT2D eigenvalue weighted by Crippen LogP contribution is 2.55. The molecular formula is C12H15N3O2S. The number of fused-ring (bicyclic) bond motifs is 1. The van der Waals surface area contributed by atoms with Gasteiger partial charge in [-0.3, -0.25) is 9.59 Å². The molecule has 6 heteroatoms. The predicted molar refractivity (Wildman–Crippen MR) is 68.1 cm³/mol. The Morgan fingerprint density at radius 3 is 2.94 bits per heavy atom. The summed E-state index contributed by atoms with van der Waals surface area (Å²) in [6, 6.07) is 0. The molecule has 1 aromatic heterocycles. The summed E-state index contributed by atoms with van der Waals surface area (Å²) in [6.07, 6.45) is 4.98. The Balaban J connectivity index is 1.43. The van der Waals surface area contributed by atoms with Crippen molar-refractivity contribution in [2.45, 2.75) is 19.3 Å². The molecule has 2 aliphatic rings. The number of aromatic nitrogens is 1. The number of nitrogens with one attached hydrogen (secondary N) is 2. The van der Waals surface area contributed by atoms with Gasteiger partial charge in [0.05, 0.1) is 6.54 Å². The topological polar surface area (TPSA) is 71.1 Å². The molecule has 1 heterocycles. The maximum Gasteiger partial charge on any atom is 0.245 e. The molecule has 2 saturated carbocycles. The van der Waals surface area contributed by atoms with Crippen molar-refractivity contribution in [2.24, 2.45) is 17.8 Å². The van der Waals surface area contributed by atoms with E-state index < -0.39 is 0 Å². The molecule has 0 spiro atoms. The first-order valence-electron chi connectivity index (χ1n) is 6.21. The van der Waals surface area contributed by atoms with Crippen LogP contribution in [0.1, 0.15) is 19.3 Å². The molecule has 3 atom stereocenters. The van der Waals surface area contributed by atoms with Crippen LogP contribution in [0.5, 0.6) is 0 Å². The van der Waals surface area contributed by atoms with Crippen LogP contribution in [0.25, 0.3) is 0 Å². The van der Waals surface area contributed by atoms with Crippen molar-refractivity contribution in [2.75, 3.05) is 11.9 Å². The fraction of sp³-hybridized carbons (Fsp3) is 0.583. The van der Waals surface area contributed by atoms with Crippen molar-refractivity contribution in [3.8, 4) is 0 Å². The van der Waals surface area contributed by atoms with Gasteiger partial charge in [-0.05, 0) is 31.1 Å². The number of amides is 2. The zero-order valence-corrected chi connectivity index (χ0v) is 10.7. The molecule has 0 aromatic carbocycles. The van der Waals surface area contributed by atoms with Crippen molar-refractivity contribution in [1.82, 2.24) is 10.3 Å². The Hall–Kier alpha value is -1.43. The van der Waals surface area contributed by atoms with Gasteiger partial charge in [-0.25, -0.2) is 4.98 Å². The smallest absolute Gasteiger partial charge is 0.245 e. The molecule has 0 unspecified atom stereocenters. The minimum absolute atomic E-state index is 0.0340. The predicted octanol–water partition coefficient (Wildman–Crippen LogP) is 1.24. The summed E-state index contributed by atoms with van der Waals surface area (Å²) >= 11 is 1.36. The van der Waals surface area contributed by atoms with Gasteiger partial charge in [0.15, 0.2) is 5.13 Å². The second kappa shape index (κ2) is 4.68. The highest BCUT2D eigenvalue weighted by molar-refractivity contribution is 7.13. The van der Waals surface area contributed by atoms with E-state index in [0.717, 1.165) is 12.3 Å². The van der Waals surface area contributed by atoms with Crippen LogP contribution in [-0.4, -0.2) is 23.3 Å². The van der Waals surface area contributed by atoms with E-state index in [1.54, 1.807) is 11.6 Å². The lowest BCUT2D eigenvalue weighted by molar-refractivity contribution is -0.127. The van der Waals surface area contributed by atoms with Crippen molar-refractivity contribution in [3.63, 3.8) is 0 Å². The highest BCUT2D eigenvalue weighted by Gasteiger charge is 2.50. The number of hydrogen-bond acceptors (Lipinski definition) is 4. The molecule has 96 valence electrons. The first-order chi connectivity index (χ1) is 8.74. The maximum atomic E-state index is 11.9. The fourth-order valence-corrected chi connectivity index (χ4v) is 3.32. The van der Waals surface area contributed by atoms with Gasteiger partial charge in [0, 0.05) is 17.5 Å². The van der Waals surface area contributed by atoms with Crippen LogP contribution in [0.15, 0.2) is 11.6 Å². The van der Waals surface area contributed by atoms with Crippen molar-refractivity contribution in [1.29, 1.82) is 0 Å². The van der Waals surface area contributed by atoms with Crippen molar-refractivity contribution in [3.05, 3.63) is 11.6 Å². The quantitative estimate of drug-likeness (QED) is 0.860. The minimum Gasteiger partial charge on any atom is -0.347 e. The highest BCUT2D eigenvalue weighted by atomic mass is 32.1. The third-order valence-electron chi connectivity index (χ3n) is 3.78. The SMILES string of the molecule is O=C(CNC(=O)[C@@H]1CC[C@@H]2C[C@@H]21)Nc1nccs1. The number of thiazole rings is 1. The average molecular weight is 265 g/mol. The molecule has 2 aliphatic carbocycles. The fourth-order valence-electron chi connectivity index (χ4n) is 2.78. The lowest BCUT2D eigenvalue weighted by Gasteiger charge is -2.11. The summed E-state index contributed by atoms with van der Waals surface area (Å²) in [6.45, 7) is 0.0340.